The molecule has 1 aromatic heterocycles. The van der Waals surface area contributed by atoms with Crippen LogP contribution >= 0.6 is 11.6 Å². The average Bonchev–Trinajstić information content (AvgIpc) is 3.02. The van der Waals surface area contributed by atoms with E-state index >= 15 is 0 Å². The summed E-state index contributed by atoms with van der Waals surface area (Å²) in [6, 6.07) is 9.61. The number of halogens is 2. The summed E-state index contributed by atoms with van der Waals surface area (Å²) < 4.78 is 21.3. The van der Waals surface area contributed by atoms with E-state index in [1.807, 2.05) is 0 Å². The molecule has 0 saturated heterocycles. The Labute approximate surface area is 158 Å². The van der Waals surface area contributed by atoms with Gasteiger partial charge in [0, 0.05) is 23.4 Å². The molecule has 0 bridgehead atoms. The van der Waals surface area contributed by atoms with E-state index in [-0.39, 0.29) is 12.2 Å². The molecule has 1 N–H and O–H groups in total. The molecule has 8 heteroatoms. The molecule has 2 aromatic carbocycles. The number of imidazole rings is 1. The second-order valence-electron chi connectivity index (χ2n) is 5.87. The predicted molar refractivity (Wildman–Crippen MR) is 97.8 cm³/mol. The fourth-order valence-electron chi connectivity index (χ4n) is 3.05. The quantitative estimate of drug-likeness (QED) is 0.745. The molecule has 0 radical (unpaired) electrons. The first kappa shape index (κ1) is 17.2. The van der Waals surface area contributed by atoms with Crippen molar-refractivity contribution in [2.45, 2.75) is 6.54 Å². The highest BCUT2D eigenvalue weighted by atomic mass is 35.5. The molecule has 0 saturated carbocycles. The minimum Gasteiger partial charge on any atom is -0.495 e. The molecule has 2 heterocycles. The fraction of sp³-hybridized carbons (Fsp3) is 0.105. The number of carboxylic acid groups (broad SMARTS) is 1. The van der Waals surface area contributed by atoms with Gasteiger partial charge in [-0.15, -0.1) is 0 Å². The molecule has 0 amide bonds. The third kappa shape index (κ3) is 2.86. The Morgan fingerprint density at radius 1 is 1.30 bits per heavy atom. The summed E-state index contributed by atoms with van der Waals surface area (Å²) in [6.07, 6.45) is 1.41. The molecule has 6 nitrogen and oxygen atoms in total. The van der Waals surface area contributed by atoms with E-state index in [2.05, 4.69) is 9.98 Å². The highest BCUT2D eigenvalue weighted by Crippen LogP contribution is 2.34. The van der Waals surface area contributed by atoms with E-state index in [1.165, 1.54) is 19.4 Å². The number of benzene rings is 2. The molecular weight excluding hydrogens is 373 g/mol. The summed E-state index contributed by atoms with van der Waals surface area (Å²) in [6.45, 7) is 0.0889. The predicted octanol–water partition coefficient (Wildman–Crippen LogP) is 3.72. The largest absolute Gasteiger partial charge is 0.495 e. The van der Waals surface area contributed by atoms with Crippen molar-refractivity contribution in [3.8, 4) is 11.4 Å². The molecule has 4 rings (SSSR count). The van der Waals surface area contributed by atoms with Crippen molar-refractivity contribution in [1.29, 1.82) is 0 Å². The Kier molecular flexibility index (Phi) is 4.16. The van der Waals surface area contributed by atoms with Crippen LogP contribution in [-0.2, 0) is 6.54 Å². The molecule has 136 valence electrons. The van der Waals surface area contributed by atoms with Crippen LogP contribution in [0.5, 0.6) is 5.75 Å². The number of carbonyl (C=O) groups is 1. The van der Waals surface area contributed by atoms with E-state index < -0.39 is 11.8 Å². The lowest BCUT2D eigenvalue weighted by molar-refractivity contribution is 0.0691. The SMILES string of the molecule is COc1cc2c(cc1Cl)C(c1ccccc1F)=NCc1nc(C(=O)O)cn1-2. The molecule has 0 aliphatic carbocycles. The lowest BCUT2D eigenvalue weighted by Gasteiger charge is -2.15. The van der Waals surface area contributed by atoms with Gasteiger partial charge < -0.3 is 14.4 Å². The number of hydrogen-bond donors (Lipinski definition) is 1. The first-order valence-corrected chi connectivity index (χ1v) is 8.36. The van der Waals surface area contributed by atoms with Crippen LogP contribution in [0.1, 0.15) is 27.4 Å². The summed E-state index contributed by atoms with van der Waals surface area (Å²) in [7, 11) is 1.48. The number of rotatable bonds is 3. The monoisotopic (exact) mass is 385 g/mol. The number of aromatic nitrogens is 2. The lowest BCUT2D eigenvalue weighted by Crippen LogP contribution is -2.09. The number of nitrogens with zero attached hydrogens (tertiary/aromatic N) is 3. The fourth-order valence-corrected chi connectivity index (χ4v) is 3.29. The smallest absolute Gasteiger partial charge is 0.356 e. The first-order valence-electron chi connectivity index (χ1n) is 7.98. The van der Waals surface area contributed by atoms with Gasteiger partial charge >= 0.3 is 5.97 Å². The van der Waals surface area contributed by atoms with Crippen LogP contribution in [-0.4, -0.2) is 33.4 Å². The number of methoxy groups -OCH3 is 1. The van der Waals surface area contributed by atoms with Crippen molar-refractivity contribution in [2.24, 2.45) is 4.99 Å². The van der Waals surface area contributed by atoms with Crippen LogP contribution in [0, 0.1) is 5.82 Å². The molecule has 0 atom stereocenters. The summed E-state index contributed by atoms with van der Waals surface area (Å²) in [5.74, 6) is -0.734. The highest BCUT2D eigenvalue weighted by molar-refractivity contribution is 6.33. The highest BCUT2D eigenvalue weighted by Gasteiger charge is 2.25. The van der Waals surface area contributed by atoms with Crippen LogP contribution in [0.2, 0.25) is 5.02 Å². The zero-order chi connectivity index (χ0) is 19.1. The maximum Gasteiger partial charge on any atom is 0.356 e. The molecular formula is C19H13ClFN3O3. The van der Waals surface area contributed by atoms with Gasteiger partial charge in [0.05, 0.1) is 30.1 Å². The second kappa shape index (κ2) is 6.51. The van der Waals surface area contributed by atoms with E-state index in [0.29, 0.717) is 39.1 Å². The summed E-state index contributed by atoms with van der Waals surface area (Å²) >= 11 is 6.30. The molecule has 0 unspecified atom stereocenters. The molecule has 3 aromatic rings. The van der Waals surface area contributed by atoms with Gasteiger partial charge in [0.15, 0.2) is 5.69 Å². The third-order valence-electron chi connectivity index (χ3n) is 4.29. The Balaban J connectivity index is 2.01. The van der Waals surface area contributed by atoms with E-state index in [9.17, 15) is 14.3 Å². The lowest BCUT2D eigenvalue weighted by atomic mass is 9.99. The van der Waals surface area contributed by atoms with Crippen molar-refractivity contribution in [3.05, 3.63) is 76.1 Å². The van der Waals surface area contributed by atoms with Gasteiger partial charge in [0.2, 0.25) is 0 Å². The van der Waals surface area contributed by atoms with Crippen molar-refractivity contribution < 1.29 is 19.0 Å². The van der Waals surface area contributed by atoms with Gasteiger partial charge in [-0.2, -0.15) is 0 Å². The number of aromatic carboxylic acids is 1. The zero-order valence-corrected chi connectivity index (χ0v) is 14.9. The van der Waals surface area contributed by atoms with Crippen molar-refractivity contribution in [3.63, 3.8) is 0 Å². The maximum atomic E-state index is 14.4. The summed E-state index contributed by atoms with van der Waals surface area (Å²) in [5.41, 5.74) is 1.75. The Morgan fingerprint density at radius 2 is 2.07 bits per heavy atom. The van der Waals surface area contributed by atoms with Crippen LogP contribution < -0.4 is 4.74 Å². The van der Waals surface area contributed by atoms with E-state index in [0.717, 1.165) is 0 Å². The van der Waals surface area contributed by atoms with Crippen LogP contribution in [0.25, 0.3) is 5.69 Å². The number of carboxylic acids is 1. The molecule has 1 aliphatic rings. The topological polar surface area (TPSA) is 76.7 Å². The van der Waals surface area contributed by atoms with Crippen LogP contribution in [0.15, 0.2) is 47.6 Å². The van der Waals surface area contributed by atoms with Crippen LogP contribution in [0.3, 0.4) is 0 Å². The number of ether oxygens (including phenoxy) is 1. The second-order valence-corrected chi connectivity index (χ2v) is 6.27. The van der Waals surface area contributed by atoms with Gasteiger partial charge in [-0.05, 0) is 18.2 Å². The maximum absolute atomic E-state index is 14.4. The average molecular weight is 386 g/mol. The van der Waals surface area contributed by atoms with Crippen molar-refractivity contribution in [1.82, 2.24) is 9.55 Å². The van der Waals surface area contributed by atoms with E-state index in [1.54, 1.807) is 34.9 Å². The van der Waals surface area contributed by atoms with E-state index in [4.69, 9.17) is 16.3 Å². The van der Waals surface area contributed by atoms with Crippen molar-refractivity contribution >= 4 is 23.3 Å². The molecule has 0 spiro atoms. The Morgan fingerprint density at radius 3 is 2.78 bits per heavy atom. The van der Waals surface area contributed by atoms with Crippen LogP contribution in [0.4, 0.5) is 4.39 Å². The zero-order valence-electron chi connectivity index (χ0n) is 14.1. The minimum atomic E-state index is -1.14. The molecule has 1 aliphatic heterocycles. The minimum absolute atomic E-state index is 0.0889. The number of hydrogen-bond acceptors (Lipinski definition) is 4. The normalized spacial score (nSPS) is 12.6. The number of aliphatic imine (C=N–C) groups is 1. The van der Waals surface area contributed by atoms with Gasteiger partial charge in [-0.25, -0.2) is 14.2 Å². The Bertz CT molecular complexity index is 1110. The standard InChI is InChI=1S/C19H13ClFN3O3/c1-27-16-7-15-11(6-12(16)20)18(10-4-2-3-5-13(10)21)22-8-17-23-14(19(25)26)9-24(15)17/h2-7,9H,8H2,1H3,(H,25,26). The third-order valence-corrected chi connectivity index (χ3v) is 4.59. The first-order chi connectivity index (χ1) is 13.0. The van der Waals surface area contributed by atoms with Crippen molar-refractivity contribution in [2.75, 3.05) is 7.11 Å². The van der Waals surface area contributed by atoms with Gasteiger partial charge in [-0.3, -0.25) is 4.99 Å². The van der Waals surface area contributed by atoms with Gasteiger partial charge in [-0.1, -0.05) is 23.7 Å². The summed E-state index contributed by atoms with van der Waals surface area (Å²) in [4.78, 5) is 20.0. The van der Waals surface area contributed by atoms with Gasteiger partial charge in [0.25, 0.3) is 0 Å². The Hall–Kier alpha value is -3.19. The summed E-state index contributed by atoms with van der Waals surface area (Å²) in [5, 5.41) is 9.59. The molecule has 0 fully saturated rings. The molecule has 27 heavy (non-hydrogen) atoms. The number of fused-ring (bicyclic) bond motifs is 3. The van der Waals surface area contributed by atoms with Gasteiger partial charge in [0.1, 0.15) is 17.4 Å².